The summed E-state index contributed by atoms with van der Waals surface area (Å²) < 4.78 is 39.7. The number of anilines is 2. The van der Waals surface area contributed by atoms with Crippen LogP contribution in [0.3, 0.4) is 0 Å². The second-order valence-corrected chi connectivity index (χ2v) is 11.0. The van der Waals surface area contributed by atoms with E-state index in [0.29, 0.717) is 22.7 Å². The van der Waals surface area contributed by atoms with Gasteiger partial charge in [0, 0.05) is 15.7 Å². The van der Waals surface area contributed by atoms with Gasteiger partial charge in [0.1, 0.15) is 28.7 Å². The van der Waals surface area contributed by atoms with E-state index in [2.05, 4.69) is 5.32 Å². The fourth-order valence-electron chi connectivity index (χ4n) is 3.66. The van der Waals surface area contributed by atoms with Gasteiger partial charge in [0.2, 0.25) is 5.91 Å². The fraction of sp³-hybridized carbons (Fsp3) is 0.107. The van der Waals surface area contributed by atoms with Crippen molar-refractivity contribution in [1.82, 2.24) is 0 Å². The molecule has 4 rings (SSSR count). The molecule has 10 heteroatoms. The highest BCUT2D eigenvalue weighted by molar-refractivity contribution is 7.93. The standard InChI is InChI=1S/C28H24Cl2N2O5S/c1-19-8-13-26(36-2)27(14-19)38(34,35)32(23-16-20(29)15-21(30)17-23)18-28(33)31-22-9-11-25(12-10-22)37-24-6-4-3-5-7-24/h3-17H,18H2,1-2H3,(H,31,33). The molecule has 1 amide bonds. The van der Waals surface area contributed by atoms with Gasteiger partial charge in [0.15, 0.2) is 0 Å². The SMILES string of the molecule is COc1ccc(C)cc1S(=O)(=O)N(CC(=O)Nc1ccc(Oc2ccccc2)cc1)c1cc(Cl)cc(Cl)c1. The lowest BCUT2D eigenvalue weighted by atomic mass is 10.2. The van der Waals surface area contributed by atoms with Gasteiger partial charge in [0.25, 0.3) is 10.0 Å². The molecular formula is C28H24Cl2N2O5S. The number of carbonyl (C=O) groups excluding carboxylic acids is 1. The maximum atomic E-state index is 13.9. The van der Waals surface area contributed by atoms with E-state index in [-0.39, 0.29) is 26.4 Å². The zero-order valence-corrected chi connectivity index (χ0v) is 22.8. The molecule has 0 saturated carbocycles. The Morgan fingerprint density at radius 3 is 2.13 bits per heavy atom. The van der Waals surface area contributed by atoms with Crippen molar-refractivity contribution in [2.75, 3.05) is 23.3 Å². The number of rotatable bonds is 9. The molecule has 1 N–H and O–H groups in total. The third-order valence-electron chi connectivity index (χ3n) is 5.43. The molecule has 0 aliphatic carbocycles. The van der Waals surface area contributed by atoms with Crippen molar-refractivity contribution in [2.24, 2.45) is 0 Å². The Kier molecular flexibility index (Phi) is 8.46. The molecule has 0 heterocycles. The Labute approximate surface area is 231 Å². The summed E-state index contributed by atoms with van der Waals surface area (Å²) in [6.45, 7) is 1.22. The number of methoxy groups -OCH3 is 1. The highest BCUT2D eigenvalue weighted by Gasteiger charge is 2.30. The van der Waals surface area contributed by atoms with Crippen molar-refractivity contribution < 1.29 is 22.7 Å². The quantitative estimate of drug-likeness (QED) is 0.235. The summed E-state index contributed by atoms with van der Waals surface area (Å²) in [4.78, 5) is 13.0. The summed E-state index contributed by atoms with van der Waals surface area (Å²) in [5, 5.41) is 3.17. The van der Waals surface area contributed by atoms with E-state index < -0.39 is 22.5 Å². The molecular weight excluding hydrogens is 547 g/mol. The summed E-state index contributed by atoms with van der Waals surface area (Å²) >= 11 is 12.3. The molecule has 196 valence electrons. The molecule has 7 nitrogen and oxygen atoms in total. The number of para-hydroxylation sites is 1. The highest BCUT2D eigenvalue weighted by Crippen LogP contribution is 2.33. The molecule has 0 unspecified atom stereocenters. The first kappa shape index (κ1) is 27.3. The van der Waals surface area contributed by atoms with Gasteiger partial charge in [-0.15, -0.1) is 0 Å². The normalized spacial score (nSPS) is 11.1. The smallest absolute Gasteiger partial charge is 0.268 e. The number of hydrogen-bond donors (Lipinski definition) is 1. The molecule has 0 atom stereocenters. The minimum Gasteiger partial charge on any atom is -0.495 e. The van der Waals surface area contributed by atoms with Crippen LogP contribution in [0.25, 0.3) is 0 Å². The highest BCUT2D eigenvalue weighted by atomic mass is 35.5. The lowest BCUT2D eigenvalue weighted by Crippen LogP contribution is -2.38. The lowest BCUT2D eigenvalue weighted by Gasteiger charge is -2.25. The van der Waals surface area contributed by atoms with Crippen LogP contribution < -0.4 is 19.1 Å². The maximum absolute atomic E-state index is 13.9. The molecule has 0 bridgehead atoms. The van der Waals surface area contributed by atoms with E-state index in [4.69, 9.17) is 32.7 Å². The Balaban J connectivity index is 1.61. The van der Waals surface area contributed by atoms with Crippen LogP contribution in [0, 0.1) is 6.92 Å². The van der Waals surface area contributed by atoms with Crippen LogP contribution in [0.15, 0.2) is 95.9 Å². The number of amides is 1. The van der Waals surface area contributed by atoms with E-state index in [0.717, 1.165) is 4.31 Å². The topological polar surface area (TPSA) is 84.9 Å². The van der Waals surface area contributed by atoms with Crippen LogP contribution in [0.2, 0.25) is 10.0 Å². The summed E-state index contributed by atoms with van der Waals surface area (Å²) in [6, 6.07) is 25.1. The van der Waals surface area contributed by atoms with Gasteiger partial charge in [-0.3, -0.25) is 9.10 Å². The van der Waals surface area contributed by atoms with E-state index in [1.807, 2.05) is 30.3 Å². The minimum atomic E-state index is -4.27. The molecule has 0 aromatic heterocycles. The molecule has 4 aromatic carbocycles. The Bertz CT molecular complexity index is 1530. The summed E-state index contributed by atoms with van der Waals surface area (Å²) in [7, 11) is -2.89. The maximum Gasteiger partial charge on any atom is 0.268 e. The predicted molar refractivity (Wildman–Crippen MR) is 150 cm³/mol. The average Bonchev–Trinajstić information content (AvgIpc) is 2.88. The van der Waals surface area contributed by atoms with Crippen molar-refractivity contribution in [3.05, 3.63) is 107 Å². The summed E-state index contributed by atoms with van der Waals surface area (Å²) in [6.07, 6.45) is 0. The lowest BCUT2D eigenvalue weighted by molar-refractivity contribution is -0.114. The van der Waals surface area contributed by atoms with E-state index in [1.165, 1.54) is 31.4 Å². The minimum absolute atomic E-state index is 0.0914. The Hall–Kier alpha value is -3.72. The molecule has 0 saturated heterocycles. The average molecular weight is 571 g/mol. The molecule has 0 radical (unpaired) electrons. The fourth-order valence-corrected chi connectivity index (χ4v) is 5.83. The van der Waals surface area contributed by atoms with Crippen LogP contribution in [-0.2, 0) is 14.8 Å². The van der Waals surface area contributed by atoms with Crippen molar-refractivity contribution in [3.8, 4) is 17.2 Å². The summed E-state index contributed by atoms with van der Waals surface area (Å²) in [5.41, 5.74) is 1.30. The Morgan fingerprint density at radius 2 is 1.50 bits per heavy atom. The molecule has 0 fully saturated rings. The van der Waals surface area contributed by atoms with Gasteiger partial charge < -0.3 is 14.8 Å². The largest absolute Gasteiger partial charge is 0.495 e. The molecule has 4 aromatic rings. The zero-order valence-electron chi connectivity index (χ0n) is 20.5. The first-order valence-corrected chi connectivity index (χ1v) is 13.6. The number of carbonyl (C=O) groups is 1. The van der Waals surface area contributed by atoms with Crippen LogP contribution in [0.5, 0.6) is 17.2 Å². The van der Waals surface area contributed by atoms with Crippen molar-refractivity contribution in [2.45, 2.75) is 11.8 Å². The molecule has 0 spiro atoms. The van der Waals surface area contributed by atoms with Gasteiger partial charge in [-0.2, -0.15) is 0 Å². The number of halogens is 2. The number of hydrogen-bond acceptors (Lipinski definition) is 5. The number of sulfonamides is 1. The predicted octanol–water partition coefficient (Wildman–Crippen LogP) is 6.94. The molecule has 38 heavy (non-hydrogen) atoms. The number of ether oxygens (including phenoxy) is 2. The van der Waals surface area contributed by atoms with E-state index >= 15 is 0 Å². The summed E-state index contributed by atoms with van der Waals surface area (Å²) in [5.74, 6) is 0.826. The van der Waals surface area contributed by atoms with E-state index in [9.17, 15) is 13.2 Å². The van der Waals surface area contributed by atoms with Gasteiger partial charge in [-0.1, -0.05) is 47.5 Å². The second-order valence-electron chi connectivity index (χ2n) is 8.28. The van der Waals surface area contributed by atoms with Gasteiger partial charge >= 0.3 is 0 Å². The third-order valence-corrected chi connectivity index (χ3v) is 7.66. The molecule has 0 aliphatic rings. The van der Waals surface area contributed by atoms with Gasteiger partial charge in [-0.25, -0.2) is 8.42 Å². The Morgan fingerprint density at radius 1 is 0.868 bits per heavy atom. The molecule has 0 aliphatic heterocycles. The number of nitrogens with one attached hydrogen (secondary N) is 1. The second kappa shape index (κ2) is 11.8. The van der Waals surface area contributed by atoms with Crippen molar-refractivity contribution in [3.63, 3.8) is 0 Å². The van der Waals surface area contributed by atoms with Gasteiger partial charge in [-0.05, 0) is 79.2 Å². The zero-order chi connectivity index (χ0) is 27.3. The van der Waals surface area contributed by atoms with Crippen LogP contribution in [0.1, 0.15) is 5.56 Å². The van der Waals surface area contributed by atoms with Crippen LogP contribution in [0.4, 0.5) is 11.4 Å². The van der Waals surface area contributed by atoms with E-state index in [1.54, 1.807) is 43.3 Å². The first-order valence-electron chi connectivity index (χ1n) is 11.4. The van der Waals surface area contributed by atoms with Crippen LogP contribution in [-0.4, -0.2) is 28.0 Å². The third kappa shape index (κ3) is 6.58. The van der Waals surface area contributed by atoms with Crippen molar-refractivity contribution in [1.29, 1.82) is 0 Å². The van der Waals surface area contributed by atoms with Crippen LogP contribution >= 0.6 is 23.2 Å². The first-order chi connectivity index (χ1) is 18.2. The number of benzene rings is 4. The van der Waals surface area contributed by atoms with Gasteiger partial charge in [0.05, 0.1) is 12.8 Å². The monoisotopic (exact) mass is 570 g/mol. The number of aryl methyl sites for hydroxylation is 1. The number of nitrogens with zero attached hydrogens (tertiary/aromatic N) is 1. The van der Waals surface area contributed by atoms with Crippen molar-refractivity contribution >= 4 is 50.5 Å².